The molecule has 1 atom stereocenters. The molecule has 0 bridgehead atoms. The predicted octanol–water partition coefficient (Wildman–Crippen LogP) is 8.64. The number of ether oxygens (including phenoxy) is 3. The molecule has 0 N–H and O–H groups in total. The van der Waals surface area contributed by atoms with E-state index in [1.807, 2.05) is 34.6 Å². The second kappa shape index (κ2) is 17.6. The quantitative estimate of drug-likeness (QED) is 0.172. The van der Waals surface area contributed by atoms with E-state index in [9.17, 15) is 4.79 Å². The van der Waals surface area contributed by atoms with Gasteiger partial charge in [-0.15, -0.1) is 0 Å². The van der Waals surface area contributed by atoms with E-state index in [1.165, 1.54) is 96.3 Å². The molecule has 1 heterocycles. The highest BCUT2D eigenvalue weighted by Crippen LogP contribution is 2.29. The number of nitrogens with zero attached hydrogens (tertiary/aromatic N) is 1. The molecule has 1 unspecified atom stereocenters. The van der Waals surface area contributed by atoms with Gasteiger partial charge in [-0.1, -0.05) is 103 Å². The van der Waals surface area contributed by atoms with Crippen molar-refractivity contribution >= 4 is 6.09 Å². The van der Waals surface area contributed by atoms with Gasteiger partial charge in [-0.2, -0.15) is 0 Å². The molecular formula is C29H57NO4. The van der Waals surface area contributed by atoms with Crippen LogP contribution in [-0.4, -0.2) is 48.2 Å². The van der Waals surface area contributed by atoms with Gasteiger partial charge in [-0.05, 0) is 41.0 Å². The first-order valence-corrected chi connectivity index (χ1v) is 14.4. The number of carbonyl (C=O) groups is 1. The van der Waals surface area contributed by atoms with Gasteiger partial charge < -0.3 is 14.2 Å². The summed E-state index contributed by atoms with van der Waals surface area (Å²) in [6.45, 7) is 13.5. The molecule has 0 aromatic carbocycles. The van der Waals surface area contributed by atoms with E-state index in [0.717, 1.165) is 13.0 Å². The third-order valence-electron chi connectivity index (χ3n) is 6.62. The second-order valence-electron chi connectivity index (χ2n) is 11.6. The third-order valence-corrected chi connectivity index (χ3v) is 6.62. The van der Waals surface area contributed by atoms with Crippen LogP contribution in [0.15, 0.2) is 0 Å². The molecule has 202 valence electrons. The molecule has 1 aliphatic rings. The zero-order chi connectivity index (χ0) is 25.3. The zero-order valence-electron chi connectivity index (χ0n) is 23.6. The highest BCUT2D eigenvalue weighted by Gasteiger charge is 2.45. The standard InChI is InChI=1S/C29H57NO4/c1-7-8-9-10-11-12-13-14-15-16-17-18-19-20-21-22-23-32-24-26-25-33-29(5,6)30(26)27(31)34-28(2,3)4/h26H,7-25H2,1-6H3. The van der Waals surface area contributed by atoms with E-state index in [4.69, 9.17) is 14.2 Å². The van der Waals surface area contributed by atoms with Crippen molar-refractivity contribution in [2.75, 3.05) is 19.8 Å². The van der Waals surface area contributed by atoms with Crippen LogP contribution in [0.25, 0.3) is 0 Å². The molecule has 34 heavy (non-hydrogen) atoms. The Morgan fingerprint density at radius 2 is 1.26 bits per heavy atom. The fourth-order valence-electron chi connectivity index (χ4n) is 4.66. The normalized spacial score (nSPS) is 17.9. The number of unbranched alkanes of at least 4 members (excludes halogenated alkanes) is 15. The molecule has 0 spiro atoms. The summed E-state index contributed by atoms with van der Waals surface area (Å²) in [5.74, 6) is 0. The Hall–Kier alpha value is -0.810. The van der Waals surface area contributed by atoms with E-state index in [1.54, 1.807) is 4.90 Å². The number of hydrogen-bond donors (Lipinski definition) is 0. The SMILES string of the molecule is CCCCCCCCCCCCCCCCCCOCC1COC(C)(C)N1C(=O)OC(C)(C)C. The minimum Gasteiger partial charge on any atom is -0.444 e. The molecular weight excluding hydrogens is 426 g/mol. The Balaban J connectivity index is 1.96. The van der Waals surface area contributed by atoms with Crippen LogP contribution in [0.4, 0.5) is 4.79 Å². The minimum absolute atomic E-state index is 0.0918. The summed E-state index contributed by atoms with van der Waals surface area (Å²) in [5.41, 5.74) is -1.18. The van der Waals surface area contributed by atoms with Gasteiger partial charge in [0.05, 0.1) is 19.3 Å². The molecule has 0 aliphatic carbocycles. The Morgan fingerprint density at radius 3 is 1.71 bits per heavy atom. The number of amides is 1. The van der Waals surface area contributed by atoms with Gasteiger partial charge in [0.15, 0.2) is 0 Å². The summed E-state index contributed by atoms with van der Waals surface area (Å²) in [5, 5.41) is 0. The van der Waals surface area contributed by atoms with Crippen LogP contribution in [0, 0.1) is 0 Å². The van der Waals surface area contributed by atoms with Crippen molar-refractivity contribution in [2.24, 2.45) is 0 Å². The second-order valence-corrected chi connectivity index (χ2v) is 11.6. The summed E-state index contributed by atoms with van der Waals surface area (Å²) < 4.78 is 17.3. The Labute approximate surface area is 211 Å². The number of rotatable bonds is 19. The van der Waals surface area contributed by atoms with Crippen LogP contribution in [-0.2, 0) is 14.2 Å². The molecule has 1 amide bonds. The largest absolute Gasteiger partial charge is 0.444 e. The fourth-order valence-corrected chi connectivity index (χ4v) is 4.66. The van der Waals surface area contributed by atoms with Gasteiger partial charge in [0.25, 0.3) is 0 Å². The van der Waals surface area contributed by atoms with E-state index >= 15 is 0 Å². The molecule has 1 saturated heterocycles. The lowest BCUT2D eigenvalue weighted by Crippen LogP contribution is -2.51. The Morgan fingerprint density at radius 1 is 0.824 bits per heavy atom. The summed E-state index contributed by atoms with van der Waals surface area (Å²) in [6, 6.07) is -0.0918. The van der Waals surface area contributed by atoms with Crippen molar-refractivity contribution in [3.63, 3.8) is 0 Å². The minimum atomic E-state index is -0.662. The summed E-state index contributed by atoms with van der Waals surface area (Å²) in [6.07, 6.45) is 21.6. The van der Waals surface area contributed by atoms with Gasteiger partial charge in [-0.3, -0.25) is 4.90 Å². The highest BCUT2D eigenvalue weighted by molar-refractivity contribution is 5.69. The van der Waals surface area contributed by atoms with Crippen LogP contribution in [0.2, 0.25) is 0 Å². The first-order valence-electron chi connectivity index (χ1n) is 14.4. The predicted molar refractivity (Wildman–Crippen MR) is 142 cm³/mol. The molecule has 0 saturated carbocycles. The monoisotopic (exact) mass is 483 g/mol. The summed E-state index contributed by atoms with van der Waals surface area (Å²) in [4.78, 5) is 14.3. The van der Waals surface area contributed by atoms with E-state index in [2.05, 4.69) is 6.92 Å². The highest BCUT2D eigenvalue weighted by atomic mass is 16.6. The smallest absolute Gasteiger partial charge is 0.412 e. The lowest BCUT2D eigenvalue weighted by Gasteiger charge is -2.35. The molecule has 1 fully saturated rings. The van der Waals surface area contributed by atoms with Crippen molar-refractivity contribution in [1.82, 2.24) is 4.90 Å². The first-order chi connectivity index (χ1) is 16.2. The van der Waals surface area contributed by atoms with Crippen molar-refractivity contribution < 1.29 is 19.0 Å². The maximum Gasteiger partial charge on any atom is 0.412 e. The van der Waals surface area contributed by atoms with Crippen molar-refractivity contribution in [1.29, 1.82) is 0 Å². The average Bonchev–Trinajstić information content (AvgIpc) is 3.05. The van der Waals surface area contributed by atoms with Crippen LogP contribution in [0.3, 0.4) is 0 Å². The van der Waals surface area contributed by atoms with Crippen LogP contribution < -0.4 is 0 Å². The van der Waals surface area contributed by atoms with E-state index in [-0.39, 0.29) is 12.1 Å². The lowest BCUT2D eigenvalue weighted by atomic mass is 10.0. The topological polar surface area (TPSA) is 48.0 Å². The van der Waals surface area contributed by atoms with Gasteiger partial charge >= 0.3 is 6.09 Å². The molecule has 0 aromatic heterocycles. The maximum absolute atomic E-state index is 12.6. The third kappa shape index (κ3) is 14.6. The van der Waals surface area contributed by atoms with Crippen molar-refractivity contribution in [3.8, 4) is 0 Å². The van der Waals surface area contributed by atoms with Gasteiger partial charge in [-0.25, -0.2) is 4.79 Å². The number of carbonyl (C=O) groups excluding carboxylic acids is 1. The maximum atomic E-state index is 12.6. The molecule has 5 heteroatoms. The zero-order valence-corrected chi connectivity index (χ0v) is 23.6. The molecule has 1 aliphatic heterocycles. The summed E-state index contributed by atoms with van der Waals surface area (Å²) >= 11 is 0. The van der Waals surface area contributed by atoms with Gasteiger partial charge in [0.1, 0.15) is 11.3 Å². The average molecular weight is 484 g/mol. The van der Waals surface area contributed by atoms with E-state index < -0.39 is 11.3 Å². The molecule has 5 nitrogen and oxygen atoms in total. The van der Waals surface area contributed by atoms with Gasteiger partial charge in [0, 0.05) is 6.61 Å². The Kier molecular flexibility index (Phi) is 16.2. The Bertz CT molecular complexity index is 515. The summed E-state index contributed by atoms with van der Waals surface area (Å²) in [7, 11) is 0. The lowest BCUT2D eigenvalue weighted by molar-refractivity contribution is -0.0655. The van der Waals surface area contributed by atoms with Crippen molar-refractivity contribution in [2.45, 2.75) is 162 Å². The number of hydrogen-bond acceptors (Lipinski definition) is 4. The molecule has 1 rings (SSSR count). The fraction of sp³-hybridized carbons (Fsp3) is 0.966. The van der Waals surface area contributed by atoms with Crippen LogP contribution >= 0.6 is 0 Å². The first kappa shape index (κ1) is 31.2. The van der Waals surface area contributed by atoms with Gasteiger partial charge in [0.2, 0.25) is 0 Å². The van der Waals surface area contributed by atoms with Crippen molar-refractivity contribution in [3.05, 3.63) is 0 Å². The van der Waals surface area contributed by atoms with Crippen LogP contribution in [0.1, 0.15) is 144 Å². The molecule has 0 aromatic rings. The molecule has 0 radical (unpaired) electrons. The van der Waals surface area contributed by atoms with Crippen LogP contribution in [0.5, 0.6) is 0 Å². The van der Waals surface area contributed by atoms with E-state index in [0.29, 0.717) is 13.2 Å².